The first kappa shape index (κ1) is 15.7. The first-order chi connectivity index (χ1) is 9.74. The highest BCUT2D eigenvalue weighted by Crippen LogP contribution is 2.32. The van der Waals surface area contributed by atoms with Gasteiger partial charge in [-0.3, -0.25) is 15.0 Å². The summed E-state index contributed by atoms with van der Waals surface area (Å²) in [6.45, 7) is 1.92. The van der Waals surface area contributed by atoms with Crippen LogP contribution in [0.5, 0.6) is 0 Å². The van der Waals surface area contributed by atoms with Crippen LogP contribution in [-0.2, 0) is 17.7 Å². The van der Waals surface area contributed by atoms with Crippen LogP contribution >= 0.6 is 0 Å². The number of nitrogens with zero attached hydrogens (tertiary/aromatic N) is 2. The van der Waals surface area contributed by atoms with Crippen molar-refractivity contribution in [3.8, 4) is 0 Å². The van der Waals surface area contributed by atoms with Crippen LogP contribution in [-0.4, -0.2) is 35.9 Å². The number of non-ortho nitro benzene ring substituents is 1. The normalized spacial score (nSPS) is 17.4. The number of rotatable bonds is 3. The third-order valence-corrected chi connectivity index (χ3v) is 3.62. The zero-order valence-corrected chi connectivity index (χ0v) is 11.6. The van der Waals surface area contributed by atoms with Crippen LogP contribution in [0.15, 0.2) is 12.1 Å². The van der Waals surface area contributed by atoms with Gasteiger partial charge in [0.25, 0.3) is 5.69 Å². The zero-order chi connectivity index (χ0) is 15.8. The van der Waals surface area contributed by atoms with Crippen LogP contribution in [0.3, 0.4) is 0 Å². The molecule has 2 rings (SSSR count). The molecule has 0 radical (unpaired) electrons. The van der Waals surface area contributed by atoms with Crippen molar-refractivity contribution in [1.82, 2.24) is 4.90 Å². The van der Waals surface area contributed by atoms with E-state index in [2.05, 4.69) is 4.74 Å². The zero-order valence-electron chi connectivity index (χ0n) is 11.6. The Morgan fingerprint density at radius 3 is 2.62 bits per heavy atom. The summed E-state index contributed by atoms with van der Waals surface area (Å²) in [7, 11) is 1.01. The second-order valence-electron chi connectivity index (χ2n) is 5.01. The van der Waals surface area contributed by atoms with Gasteiger partial charge in [-0.05, 0) is 30.0 Å². The smallest absolute Gasteiger partial charge is 0.357 e. The largest absolute Gasteiger partial charge is 0.428 e. The van der Waals surface area contributed by atoms with E-state index in [9.17, 15) is 23.3 Å². The second-order valence-corrected chi connectivity index (χ2v) is 5.01. The topological polar surface area (TPSA) is 55.6 Å². The van der Waals surface area contributed by atoms with Gasteiger partial charge in [0.05, 0.1) is 4.92 Å². The first-order valence-electron chi connectivity index (χ1n) is 6.34. The average Bonchev–Trinajstić information content (AvgIpc) is 2.37. The number of nitro benzene ring substituents is 1. The second kappa shape index (κ2) is 5.61. The molecule has 0 N–H and O–H groups in total. The van der Waals surface area contributed by atoms with Crippen molar-refractivity contribution >= 4 is 5.69 Å². The predicted octanol–water partition coefficient (Wildman–Crippen LogP) is 2.80. The fourth-order valence-corrected chi connectivity index (χ4v) is 2.72. The molecule has 8 heteroatoms. The van der Waals surface area contributed by atoms with Crippen LogP contribution in [0.25, 0.3) is 0 Å². The van der Waals surface area contributed by atoms with Gasteiger partial charge in [0.15, 0.2) is 0 Å². The third-order valence-electron chi connectivity index (χ3n) is 3.62. The van der Waals surface area contributed by atoms with Crippen molar-refractivity contribution in [2.24, 2.45) is 0 Å². The minimum atomic E-state index is -4.50. The molecule has 0 bridgehead atoms. The number of benzene rings is 1. The molecule has 1 aliphatic rings. The summed E-state index contributed by atoms with van der Waals surface area (Å²) < 4.78 is 43.2. The van der Waals surface area contributed by atoms with Crippen molar-refractivity contribution < 1.29 is 22.8 Å². The Balaban J connectivity index is 2.33. The predicted molar refractivity (Wildman–Crippen MR) is 68.8 cm³/mol. The molecule has 116 valence electrons. The minimum Gasteiger partial charge on any atom is -0.357 e. The van der Waals surface area contributed by atoms with E-state index >= 15 is 0 Å². The van der Waals surface area contributed by atoms with Crippen LogP contribution in [0.4, 0.5) is 18.9 Å². The molecule has 21 heavy (non-hydrogen) atoms. The lowest BCUT2D eigenvalue weighted by Crippen LogP contribution is -2.49. The fraction of sp³-hybridized carbons (Fsp3) is 0.538. The van der Waals surface area contributed by atoms with Gasteiger partial charge in [0, 0.05) is 32.3 Å². The molecule has 1 aromatic carbocycles. The standard InChI is InChI=1S/C13H15F3N2O3/c1-8-5-10(18(19)20)6-9-7-17(4-3-11(8)9)12(21-2)13(14,15)16/h5-6,12H,3-4,7H2,1-2H3. The third kappa shape index (κ3) is 3.16. The Morgan fingerprint density at radius 1 is 1.43 bits per heavy atom. The quantitative estimate of drug-likeness (QED) is 0.636. The number of aryl methyl sites for hydroxylation is 1. The molecule has 0 fully saturated rings. The van der Waals surface area contributed by atoms with Crippen molar-refractivity contribution in [1.29, 1.82) is 0 Å². The number of hydrogen-bond donors (Lipinski definition) is 0. The number of fused-ring (bicyclic) bond motifs is 1. The van der Waals surface area contributed by atoms with Gasteiger partial charge in [0.2, 0.25) is 6.23 Å². The van der Waals surface area contributed by atoms with Gasteiger partial charge in [-0.2, -0.15) is 13.2 Å². The molecular weight excluding hydrogens is 289 g/mol. The van der Waals surface area contributed by atoms with Crippen molar-refractivity contribution in [3.63, 3.8) is 0 Å². The molecule has 0 saturated heterocycles. The van der Waals surface area contributed by atoms with Crippen LogP contribution < -0.4 is 0 Å². The molecule has 0 saturated carbocycles. The highest BCUT2D eigenvalue weighted by molar-refractivity contribution is 5.46. The van der Waals surface area contributed by atoms with Crippen LogP contribution in [0.2, 0.25) is 0 Å². The number of halogens is 3. The number of ether oxygens (including phenoxy) is 1. The Morgan fingerprint density at radius 2 is 2.10 bits per heavy atom. The maximum Gasteiger partial charge on any atom is 0.428 e. The van der Waals surface area contributed by atoms with Crippen molar-refractivity contribution in [2.45, 2.75) is 32.3 Å². The minimum absolute atomic E-state index is 0.0180. The van der Waals surface area contributed by atoms with E-state index in [4.69, 9.17) is 0 Å². The lowest BCUT2D eigenvalue weighted by molar-refractivity contribution is -0.385. The summed E-state index contributed by atoms with van der Waals surface area (Å²) in [6.07, 6.45) is -6.08. The van der Waals surface area contributed by atoms with Gasteiger partial charge < -0.3 is 4.74 Å². The van der Waals surface area contributed by atoms with E-state index in [1.54, 1.807) is 6.92 Å². The summed E-state index contributed by atoms with van der Waals surface area (Å²) in [5.74, 6) is 0. The number of nitro groups is 1. The Kier molecular flexibility index (Phi) is 4.20. The first-order valence-corrected chi connectivity index (χ1v) is 6.34. The summed E-state index contributed by atoms with van der Waals surface area (Å²) in [5, 5.41) is 10.9. The van der Waals surface area contributed by atoms with E-state index in [0.717, 1.165) is 23.1 Å². The number of hydrogen-bond acceptors (Lipinski definition) is 4. The Bertz CT molecular complexity index is 560. The Labute approximate surface area is 119 Å². The molecule has 0 aromatic heterocycles. The average molecular weight is 304 g/mol. The van der Waals surface area contributed by atoms with Crippen molar-refractivity contribution in [2.75, 3.05) is 13.7 Å². The van der Waals surface area contributed by atoms with E-state index in [1.807, 2.05) is 0 Å². The lowest BCUT2D eigenvalue weighted by atomic mass is 9.94. The Hall–Kier alpha value is -1.67. The summed E-state index contributed by atoms with van der Waals surface area (Å²) in [4.78, 5) is 11.5. The molecule has 0 amide bonds. The van der Waals surface area contributed by atoms with Crippen LogP contribution in [0, 0.1) is 17.0 Å². The molecule has 0 aliphatic carbocycles. The highest BCUT2D eigenvalue weighted by Gasteiger charge is 2.45. The molecule has 1 aromatic rings. The van der Waals surface area contributed by atoms with Crippen LogP contribution in [0.1, 0.15) is 16.7 Å². The van der Waals surface area contributed by atoms with Gasteiger partial charge >= 0.3 is 6.18 Å². The molecule has 1 aliphatic heterocycles. The maximum atomic E-state index is 12.9. The van der Waals surface area contributed by atoms with Gasteiger partial charge in [-0.1, -0.05) is 0 Å². The van der Waals surface area contributed by atoms with E-state index < -0.39 is 17.3 Å². The number of methoxy groups -OCH3 is 1. The molecular formula is C13H15F3N2O3. The van der Waals surface area contributed by atoms with Gasteiger partial charge in [-0.25, -0.2) is 0 Å². The van der Waals surface area contributed by atoms with E-state index in [0.29, 0.717) is 12.0 Å². The molecule has 0 spiro atoms. The highest BCUT2D eigenvalue weighted by atomic mass is 19.4. The monoisotopic (exact) mass is 304 g/mol. The lowest BCUT2D eigenvalue weighted by Gasteiger charge is -2.35. The van der Waals surface area contributed by atoms with Crippen molar-refractivity contribution in [3.05, 3.63) is 38.9 Å². The molecule has 5 nitrogen and oxygen atoms in total. The molecule has 1 heterocycles. The van der Waals surface area contributed by atoms with E-state index in [1.165, 1.54) is 12.1 Å². The maximum absolute atomic E-state index is 12.9. The van der Waals surface area contributed by atoms with Gasteiger partial charge in [0.1, 0.15) is 0 Å². The molecule has 1 unspecified atom stereocenters. The summed E-state index contributed by atoms with van der Waals surface area (Å²) in [5.41, 5.74) is 2.07. The van der Waals surface area contributed by atoms with Gasteiger partial charge in [-0.15, -0.1) is 0 Å². The summed E-state index contributed by atoms with van der Waals surface area (Å²) in [6, 6.07) is 2.80. The fourth-order valence-electron chi connectivity index (χ4n) is 2.72. The van der Waals surface area contributed by atoms with E-state index in [-0.39, 0.29) is 18.8 Å². The molecule has 1 atom stereocenters. The number of alkyl halides is 3. The SMILES string of the molecule is COC(N1CCc2c(C)cc([N+](=O)[O-])cc2C1)C(F)(F)F. The summed E-state index contributed by atoms with van der Waals surface area (Å²) >= 11 is 0.